The van der Waals surface area contributed by atoms with Crippen LogP contribution in [-0.2, 0) is 6.42 Å². The second kappa shape index (κ2) is 12.9. The number of hydrogen-bond acceptors (Lipinski definition) is 3. The van der Waals surface area contributed by atoms with Gasteiger partial charge in [-0.2, -0.15) is 0 Å². The van der Waals surface area contributed by atoms with Gasteiger partial charge in [-0.05, 0) is 62.6 Å². The Labute approximate surface area is 168 Å². The molecule has 2 N–H and O–H groups in total. The lowest BCUT2D eigenvalue weighted by Crippen LogP contribution is -2.39. The van der Waals surface area contributed by atoms with E-state index in [0.29, 0.717) is 0 Å². The summed E-state index contributed by atoms with van der Waals surface area (Å²) in [7, 11) is 1.84. The molecule has 0 aromatic carbocycles. The van der Waals surface area contributed by atoms with Crippen molar-refractivity contribution in [2.45, 2.75) is 39.0 Å². The van der Waals surface area contributed by atoms with Gasteiger partial charge in [0.15, 0.2) is 5.96 Å². The number of thiophene rings is 1. The SMILES string of the molecule is CN=C(NCCCCN1CCCC(C)C1)NCCc1cccs1.I. The van der Waals surface area contributed by atoms with Crippen molar-refractivity contribution in [3.63, 3.8) is 0 Å². The van der Waals surface area contributed by atoms with Crippen LogP contribution >= 0.6 is 35.3 Å². The predicted octanol–water partition coefficient (Wildman–Crippen LogP) is 3.59. The van der Waals surface area contributed by atoms with Crippen LogP contribution in [0, 0.1) is 5.92 Å². The molecule has 2 heterocycles. The molecule has 24 heavy (non-hydrogen) atoms. The maximum atomic E-state index is 4.29. The highest BCUT2D eigenvalue weighted by molar-refractivity contribution is 14.0. The van der Waals surface area contributed by atoms with Crippen LogP contribution in [-0.4, -0.2) is 50.6 Å². The third kappa shape index (κ3) is 8.67. The summed E-state index contributed by atoms with van der Waals surface area (Å²) in [5.41, 5.74) is 0. The van der Waals surface area contributed by atoms with Crippen LogP contribution in [0.15, 0.2) is 22.5 Å². The first-order valence-electron chi connectivity index (χ1n) is 8.97. The normalized spacial score (nSPS) is 18.9. The average Bonchev–Trinajstić information content (AvgIpc) is 3.06. The van der Waals surface area contributed by atoms with Gasteiger partial charge in [-0.3, -0.25) is 4.99 Å². The third-order valence-corrected chi connectivity index (χ3v) is 5.34. The number of halogens is 1. The summed E-state index contributed by atoms with van der Waals surface area (Å²) in [6, 6.07) is 4.29. The van der Waals surface area contributed by atoms with Gasteiger partial charge in [0.05, 0.1) is 0 Å². The lowest BCUT2D eigenvalue weighted by atomic mass is 10.0. The molecule has 0 saturated carbocycles. The van der Waals surface area contributed by atoms with E-state index in [1.165, 1.54) is 50.2 Å². The van der Waals surface area contributed by atoms with Crippen LogP contribution in [0.4, 0.5) is 0 Å². The number of nitrogens with one attached hydrogen (secondary N) is 2. The van der Waals surface area contributed by atoms with E-state index in [1.54, 1.807) is 0 Å². The average molecular weight is 464 g/mol. The first-order valence-corrected chi connectivity index (χ1v) is 9.85. The molecule has 6 heteroatoms. The Morgan fingerprint density at radius 1 is 1.33 bits per heavy atom. The molecule has 0 aliphatic carbocycles. The summed E-state index contributed by atoms with van der Waals surface area (Å²) < 4.78 is 0. The van der Waals surface area contributed by atoms with Gasteiger partial charge in [0, 0.05) is 31.6 Å². The molecule has 4 nitrogen and oxygen atoms in total. The van der Waals surface area contributed by atoms with E-state index in [4.69, 9.17) is 0 Å². The van der Waals surface area contributed by atoms with Crippen LogP contribution in [0.1, 0.15) is 37.5 Å². The summed E-state index contributed by atoms with van der Waals surface area (Å²) in [6.07, 6.45) is 6.32. The zero-order valence-electron chi connectivity index (χ0n) is 15.1. The van der Waals surface area contributed by atoms with Crippen molar-refractivity contribution >= 4 is 41.3 Å². The topological polar surface area (TPSA) is 39.7 Å². The van der Waals surface area contributed by atoms with Crippen molar-refractivity contribution in [2.75, 3.05) is 39.8 Å². The molecule has 2 rings (SSSR count). The summed E-state index contributed by atoms with van der Waals surface area (Å²) in [6.45, 7) is 8.15. The molecule has 1 unspecified atom stereocenters. The highest BCUT2D eigenvalue weighted by Crippen LogP contribution is 2.15. The van der Waals surface area contributed by atoms with Crippen molar-refractivity contribution in [3.05, 3.63) is 22.4 Å². The highest BCUT2D eigenvalue weighted by atomic mass is 127. The van der Waals surface area contributed by atoms with Crippen molar-refractivity contribution in [1.82, 2.24) is 15.5 Å². The minimum absolute atomic E-state index is 0. The van der Waals surface area contributed by atoms with Crippen molar-refractivity contribution < 1.29 is 0 Å². The number of piperidine rings is 1. The van der Waals surface area contributed by atoms with E-state index in [2.05, 4.69) is 45.0 Å². The standard InChI is InChI=1S/C18H32N4S.HI/c1-16-7-5-13-22(15-16)12-4-3-10-20-18(19-2)21-11-9-17-8-6-14-23-17;/h6,8,14,16H,3-5,7,9-13,15H2,1-2H3,(H2,19,20,21);1H. The first-order chi connectivity index (χ1) is 11.3. The minimum Gasteiger partial charge on any atom is -0.356 e. The maximum Gasteiger partial charge on any atom is 0.190 e. The molecule has 0 bridgehead atoms. The molecule has 0 spiro atoms. The molecular weight excluding hydrogens is 431 g/mol. The smallest absolute Gasteiger partial charge is 0.190 e. The van der Waals surface area contributed by atoms with Crippen molar-refractivity contribution in [3.8, 4) is 0 Å². The van der Waals surface area contributed by atoms with Gasteiger partial charge in [0.1, 0.15) is 0 Å². The number of unbranched alkanes of at least 4 members (excludes halogenated alkanes) is 1. The van der Waals surface area contributed by atoms with Crippen molar-refractivity contribution in [2.24, 2.45) is 10.9 Å². The fourth-order valence-corrected chi connectivity index (χ4v) is 3.85. The van der Waals surface area contributed by atoms with Gasteiger partial charge in [-0.1, -0.05) is 13.0 Å². The molecule has 1 aliphatic heterocycles. The lowest BCUT2D eigenvalue weighted by molar-refractivity contribution is 0.181. The van der Waals surface area contributed by atoms with Crippen LogP contribution < -0.4 is 10.6 Å². The summed E-state index contributed by atoms with van der Waals surface area (Å²) in [4.78, 5) is 8.34. The summed E-state index contributed by atoms with van der Waals surface area (Å²) in [5, 5.41) is 8.94. The fourth-order valence-electron chi connectivity index (χ4n) is 3.14. The van der Waals surface area contributed by atoms with Crippen molar-refractivity contribution in [1.29, 1.82) is 0 Å². The van der Waals surface area contributed by atoms with E-state index in [-0.39, 0.29) is 24.0 Å². The Kier molecular flexibility index (Phi) is 11.7. The van der Waals surface area contributed by atoms with Gasteiger partial charge in [-0.25, -0.2) is 0 Å². The Morgan fingerprint density at radius 2 is 2.17 bits per heavy atom. The van der Waals surface area contributed by atoms with E-state index < -0.39 is 0 Å². The molecule has 1 aromatic heterocycles. The Hall–Kier alpha value is -0.340. The number of guanidine groups is 1. The molecular formula is C18H33IN4S. The second-order valence-corrected chi connectivity index (χ2v) is 7.54. The molecule has 1 saturated heterocycles. The zero-order valence-corrected chi connectivity index (χ0v) is 18.2. The number of rotatable bonds is 8. The van der Waals surface area contributed by atoms with Crippen LogP contribution in [0.25, 0.3) is 0 Å². The predicted molar refractivity (Wildman–Crippen MR) is 117 cm³/mol. The van der Waals surface area contributed by atoms with Crippen LogP contribution in [0.2, 0.25) is 0 Å². The van der Waals surface area contributed by atoms with Gasteiger partial charge < -0.3 is 15.5 Å². The maximum absolute atomic E-state index is 4.29. The Balaban J connectivity index is 0.00000288. The third-order valence-electron chi connectivity index (χ3n) is 4.40. The van der Waals surface area contributed by atoms with Gasteiger partial charge >= 0.3 is 0 Å². The molecule has 1 aromatic rings. The molecule has 0 radical (unpaired) electrons. The quantitative estimate of drug-likeness (QED) is 0.267. The van der Waals surface area contributed by atoms with E-state index in [1.807, 2.05) is 18.4 Å². The summed E-state index contributed by atoms with van der Waals surface area (Å²) >= 11 is 1.82. The van der Waals surface area contributed by atoms with Gasteiger partial charge in [0.25, 0.3) is 0 Å². The monoisotopic (exact) mass is 464 g/mol. The molecule has 1 aliphatic rings. The molecule has 1 fully saturated rings. The van der Waals surface area contributed by atoms with Gasteiger partial charge in [-0.15, -0.1) is 35.3 Å². The first kappa shape index (κ1) is 21.7. The molecule has 0 amide bonds. The lowest BCUT2D eigenvalue weighted by Gasteiger charge is -2.30. The zero-order chi connectivity index (χ0) is 16.3. The number of nitrogens with zero attached hydrogens (tertiary/aromatic N) is 2. The van der Waals surface area contributed by atoms with Crippen LogP contribution in [0.3, 0.4) is 0 Å². The van der Waals surface area contributed by atoms with E-state index in [0.717, 1.165) is 31.4 Å². The van der Waals surface area contributed by atoms with E-state index >= 15 is 0 Å². The number of likely N-dealkylation sites (tertiary alicyclic amines) is 1. The number of hydrogen-bond donors (Lipinski definition) is 2. The Bertz CT molecular complexity index is 450. The van der Waals surface area contributed by atoms with Crippen LogP contribution in [0.5, 0.6) is 0 Å². The fraction of sp³-hybridized carbons (Fsp3) is 0.722. The number of aliphatic imine (C=N–C) groups is 1. The second-order valence-electron chi connectivity index (χ2n) is 6.51. The summed E-state index contributed by atoms with van der Waals surface area (Å²) in [5.74, 6) is 1.81. The highest BCUT2D eigenvalue weighted by Gasteiger charge is 2.15. The van der Waals surface area contributed by atoms with Gasteiger partial charge in [0.2, 0.25) is 0 Å². The Morgan fingerprint density at radius 3 is 2.88 bits per heavy atom. The molecule has 1 atom stereocenters. The van der Waals surface area contributed by atoms with E-state index in [9.17, 15) is 0 Å². The largest absolute Gasteiger partial charge is 0.356 e. The molecule has 138 valence electrons. The minimum atomic E-state index is 0.